The molecule has 0 atom stereocenters. The van der Waals surface area contributed by atoms with Crippen molar-refractivity contribution in [3.8, 4) is 11.5 Å². The van der Waals surface area contributed by atoms with Crippen LogP contribution < -0.4 is 15.4 Å². The number of carbonyl (C=O) groups is 2. The lowest BCUT2D eigenvalue weighted by Crippen LogP contribution is -2.11. The molecule has 0 fully saturated rings. The van der Waals surface area contributed by atoms with Crippen LogP contribution >= 0.6 is 0 Å². The van der Waals surface area contributed by atoms with E-state index in [2.05, 4.69) is 15.6 Å². The van der Waals surface area contributed by atoms with Crippen molar-refractivity contribution in [1.82, 2.24) is 4.98 Å². The Hall–Kier alpha value is -4.72. The van der Waals surface area contributed by atoms with E-state index >= 15 is 0 Å². The fourth-order valence-electron chi connectivity index (χ4n) is 2.83. The highest BCUT2D eigenvalue weighted by Crippen LogP contribution is 2.25. The Bertz CT molecular complexity index is 1270. The number of ether oxygens (including phenoxy) is 1. The molecule has 2 N–H and O–H groups in total. The van der Waals surface area contributed by atoms with E-state index in [-0.39, 0.29) is 17.4 Å². The first-order valence-electron chi connectivity index (χ1n) is 9.88. The summed E-state index contributed by atoms with van der Waals surface area (Å²) in [6, 6.07) is 17.5. The topological polar surface area (TPSA) is 93.5 Å². The van der Waals surface area contributed by atoms with Gasteiger partial charge in [-0.25, -0.2) is 4.39 Å². The maximum absolute atomic E-state index is 14.3. The second kappa shape index (κ2) is 10.1. The number of rotatable bonds is 7. The number of hydrogen-bond acceptors (Lipinski definition) is 5. The minimum Gasteiger partial charge on any atom is -0.459 e. The highest BCUT2D eigenvalue weighted by molar-refractivity contribution is 6.03. The second-order valence-electron chi connectivity index (χ2n) is 6.81. The van der Waals surface area contributed by atoms with Gasteiger partial charge in [-0.3, -0.25) is 14.6 Å². The van der Waals surface area contributed by atoms with Crippen molar-refractivity contribution in [2.45, 2.75) is 0 Å². The number of nitrogens with zero attached hydrogens (tertiary/aromatic N) is 1. The third-order valence-electron chi connectivity index (χ3n) is 4.40. The van der Waals surface area contributed by atoms with Gasteiger partial charge in [0.25, 0.3) is 5.91 Å². The molecular formula is C25H18FN3O4. The van der Waals surface area contributed by atoms with Gasteiger partial charge in [-0.2, -0.15) is 0 Å². The van der Waals surface area contributed by atoms with Gasteiger partial charge in [0, 0.05) is 23.6 Å². The van der Waals surface area contributed by atoms with E-state index in [9.17, 15) is 14.0 Å². The molecule has 0 aliphatic carbocycles. The number of hydrogen-bond donors (Lipinski definition) is 2. The van der Waals surface area contributed by atoms with Gasteiger partial charge < -0.3 is 19.8 Å². The summed E-state index contributed by atoms with van der Waals surface area (Å²) in [6.45, 7) is 0. The van der Waals surface area contributed by atoms with Gasteiger partial charge in [-0.15, -0.1) is 0 Å². The Morgan fingerprint density at radius 1 is 0.970 bits per heavy atom. The highest BCUT2D eigenvalue weighted by atomic mass is 19.1. The minimum absolute atomic E-state index is 0.0591. The molecule has 2 aromatic heterocycles. The maximum atomic E-state index is 14.3. The lowest BCUT2D eigenvalue weighted by atomic mass is 10.2. The lowest BCUT2D eigenvalue weighted by molar-refractivity contribution is -0.111. The van der Waals surface area contributed by atoms with Crippen molar-refractivity contribution in [1.29, 1.82) is 0 Å². The summed E-state index contributed by atoms with van der Waals surface area (Å²) in [5.74, 6) is -0.643. The molecule has 0 radical (unpaired) electrons. The first-order chi connectivity index (χ1) is 16.1. The van der Waals surface area contributed by atoms with Crippen molar-refractivity contribution in [2.75, 3.05) is 10.6 Å². The molecule has 7 nitrogen and oxygen atoms in total. The van der Waals surface area contributed by atoms with Gasteiger partial charge in [0.2, 0.25) is 5.91 Å². The van der Waals surface area contributed by atoms with Gasteiger partial charge in [0.05, 0.1) is 12.5 Å². The number of halogens is 1. The van der Waals surface area contributed by atoms with Crippen LogP contribution in [0.3, 0.4) is 0 Å². The molecular weight excluding hydrogens is 425 g/mol. The molecule has 4 rings (SSSR count). The Kier molecular flexibility index (Phi) is 6.56. The number of benzene rings is 2. The standard InChI is InChI=1S/C25H18FN3O4/c26-21-15-17(5-11-22(21)33-20-3-1-13-27-16-20)6-12-24(30)28-18-7-9-19(10-8-18)29-25(31)23-4-2-14-32-23/h1-16H,(H,28,30)(H,29,31)/b12-6+. The van der Waals surface area contributed by atoms with Crippen molar-refractivity contribution < 1.29 is 23.1 Å². The Morgan fingerprint density at radius 3 is 2.42 bits per heavy atom. The number of furan rings is 1. The fraction of sp³-hybridized carbons (Fsp3) is 0. The number of anilines is 2. The minimum atomic E-state index is -0.561. The zero-order valence-electron chi connectivity index (χ0n) is 17.2. The number of carbonyl (C=O) groups excluding carboxylic acids is 2. The number of pyridine rings is 1. The molecule has 0 saturated carbocycles. The average molecular weight is 443 g/mol. The molecule has 33 heavy (non-hydrogen) atoms. The van der Waals surface area contributed by atoms with E-state index in [0.717, 1.165) is 0 Å². The molecule has 164 valence electrons. The van der Waals surface area contributed by atoms with Crippen LogP contribution in [0.2, 0.25) is 0 Å². The quantitative estimate of drug-likeness (QED) is 0.367. The number of nitrogens with one attached hydrogen (secondary N) is 2. The Labute approximate surface area is 188 Å². The zero-order chi connectivity index (χ0) is 23.0. The Balaban J connectivity index is 1.32. The lowest BCUT2D eigenvalue weighted by Gasteiger charge is -2.07. The van der Waals surface area contributed by atoms with E-state index in [1.54, 1.807) is 60.8 Å². The molecule has 0 saturated heterocycles. The molecule has 0 bridgehead atoms. The summed E-state index contributed by atoms with van der Waals surface area (Å²) in [5.41, 5.74) is 1.58. The summed E-state index contributed by atoms with van der Waals surface area (Å²) >= 11 is 0. The molecule has 4 aromatic rings. The second-order valence-corrected chi connectivity index (χ2v) is 6.81. The van der Waals surface area contributed by atoms with E-state index < -0.39 is 11.7 Å². The van der Waals surface area contributed by atoms with Crippen molar-refractivity contribution in [3.63, 3.8) is 0 Å². The van der Waals surface area contributed by atoms with Crippen LogP contribution in [0.25, 0.3) is 6.08 Å². The smallest absolute Gasteiger partial charge is 0.291 e. The molecule has 8 heteroatoms. The summed E-state index contributed by atoms with van der Waals surface area (Å²) < 4.78 is 24.8. The van der Waals surface area contributed by atoms with Gasteiger partial charge in [0.15, 0.2) is 17.3 Å². The van der Waals surface area contributed by atoms with Crippen LogP contribution in [0.5, 0.6) is 11.5 Å². The normalized spacial score (nSPS) is 10.7. The van der Waals surface area contributed by atoms with E-state index in [1.165, 1.54) is 36.7 Å². The van der Waals surface area contributed by atoms with Crippen molar-refractivity contribution in [3.05, 3.63) is 109 Å². The van der Waals surface area contributed by atoms with E-state index in [4.69, 9.17) is 9.15 Å². The van der Waals surface area contributed by atoms with Crippen LogP contribution in [-0.2, 0) is 4.79 Å². The first kappa shape index (κ1) is 21.5. The molecule has 2 heterocycles. The van der Waals surface area contributed by atoms with E-state index in [1.807, 2.05) is 0 Å². The predicted octanol–water partition coefficient (Wildman–Crippen LogP) is 5.51. The fourth-order valence-corrected chi connectivity index (χ4v) is 2.83. The molecule has 0 unspecified atom stereocenters. The molecule has 0 aliphatic heterocycles. The molecule has 0 spiro atoms. The number of amides is 2. The van der Waals surface area contributed by atoms with Gasteiger partial charge in [-0.05, 0) is 72.3 Å². The zero-order valence-corrected chi connectivity index (χ0v) is 17.2. The van der Waals surface area contributed by atoms with Gasteiger partial charge in [-0.1, -0.05) is 6.07 Å². The first-order valence-corrected chi connectivity index (χ1v) is 9.88. The van der Waals surface area contributed by atoms with Gasteiger partial charge >= 0.3 is 0 Å². The summed E-state index contributed by atoms with van der Waals surface area (Å²) in [4.78, 5) is 28.1. The number of aromatic nitrogens is 1. The Morgan fingerprint density at radius 2 is 1.76 bits per heavy atom. The summed E-state index contributed by atoms with van der Waals surface area (Å²) in [5, 5.41) is 5.38. The largest absolute Gasteiger partial charge is 0.459 e. The molecule has 2 amide bonds. The maximum Gasteiger partial charge on any atom is 0.291 e. The van der Waals surface area contributed by atoms with Crippen LogP contribution in [0.1, 0.15) is 16.1 Å². The predicted molar refractivity (Wildman–Crippen MR) is 121 cm³/mol. The van der Waals surface area contributed by atoms with Crippen molar-refractivity contribution in [2.24, 2.45) is 0 Å². The van der Waals surface area contributed by atoms with Crippen LogP contribution in [0.15, 0.2) is 95.9 Å². The monoisotopic (exact) mass is 443 g/mol. The van der Waals surface area contributed by atoms with Crippen molar-refractivity contribution >= 4 is 29.3 Å². The molecule has 2 aromatic carbocycles. The highest BCUT2D eigenvalue weighted by Gasteiger charge is 2.09. The third kappa shape index (κ3) is 5.92. The summed E-state index contributed by atoms with van der Waals surface area (Å²) in [6.07, 6.45) is 7.28. The van der Waals surface area contributed by atoms with Crippen LogP contribution in [0.4, 0.5) is 15.8 Å². The van der Waals surface area contributed by atoms with E-state index in [0.29, 0.717) is 22.7 Å². The van der Waals surface area contributed by atoms with Gasteiger partial charge in [0.1, 0.15) is 5.75 Å². The summed E-state index contributed by atoms with van der Waals surface area (Å²) in [7, 11) is 0. The average Bonchev–Trinajstić information content (AvgIpc) is 3.37. The van der Waals surface area contributed by atoms with Crippen LogP contribution in [-0.4, -0.2) is 16.8 Å². The SMILES string of the molecule is O=C(/C=C/c1ccc(Oc2cccnc2)c(F)c1)Nc1ccc(NC(=O)c2ccco2)cc1. The third-order valence-corrected chi connectivity index (χ3v) is 4.40. The molecule has 0 aliphatic rings. The van der Waals surface area contributed by atoms with Crippen LogP contribution in [0, 0.1) is 5.82 Å².